The van der Waals surface area contributed by atoms with Crippen molar-refractivity contribution < 1.29 is 19.4 Å². The number of aromatic nitrogens is 1. The van der Waals surface area contributed by atoms with Gasteiger partial charge in [0.2, 0.25) is 5.91 Å². The molecule has 1 fully saturated rings. The van der Waals surface area contributed by atoms with E-state index in [1.165, 1.54) is 16.2 Å². The topological polar surface area (TPSA) is 79.7 Å². The molecule has 1 aromatic heterocycles. The van der Waals surface area contributed by atoms with Crippen molar-refractivity contribution in [1.29, 1.82) is 0 Å². The quantitative estimate of drug-likeness (QED) is 0.867. The molecular formula is C14H20N2O4S. The Morgan fingerprint density at radius 1 is 1.62 bits per heavy atom. The molecule has 1 aliphatic heterocycles. The van der Waals surface area contributed by atoms with Crippen LogP contribution in [0.25, 0.3) is 0 Å². The minimum absolute atomic E-state index is 0.0811. The molecule has 21 heavy (non-hydrogen) atoms. The number of ether oxygens (including phenoxy) is 1. The molecule has 0 aliphatic carbocycles. The van der Waals surface area contributed by atoms with Crippen LogP contribution in [0.5, 0.6) is 0 Å². The van der Waals surface area contributed by atoms with E-state index in [0.29, 0.717) is 25.3 Å². The largest absolute Gasteiger partial charge is 0.480 e. The average molecular weight is 312 g/mol. The van der Waals surface area contributed by atoms with E-state index in [0.717, 1.165) is 11.4 Å². The van der Waals surface area contributed by atoms with Crippen molar-refractivity contribution in [2.24, 2.45) is 0 Å². The Balaban J connectivity index is 1.98. The zero-order valence-electron chi connectivity index (χ0n) is 12.2. The lowest BCUT2D eigenvalue weighted by Gasteiger charge is -2.20. The number of aliphatic carboxylic acids is 1. The van der Waals surface area contributed by atoms with Crippen molar-refractivity contribution in [2.45, 2.75) is 45.3 Å². The molecule has 0 bridgehead atoms. The maximum absolute atomic E-state index is 12.2. The molecule has 0 spiro atoms. The van der Waals surface area contributed by atoms with Gasteiger partial charge in [-0.25, -0.2) is 9.78 Å². The zero-order valence-corrected chi connectivity index (χ0v) is 13.1. The second-order valence-electron chi connectivity index (χ2n) is 5.03. The molecule has 0 saturated carbocycles. The number of likely N-dealkylation sites (tertiary alicyclic amines) is 1. The van der Waals surface area contributed by atoms with Crippen LogP contribution in [0.1, 0.15) is 43.5 Å². The van der Waals surface area contributed by atoms with Crippen molar-refractivity contribution in [3.63, 3.8) is 0 Å². The second kappa shape index (κ2) is 7.00. The molecule has 0 radical (unpaired) electrons. The summed E-state index contributed by atoms with van der Waals surface area (Å²) in [6, 6.07) is -0.682. The lowest BCUT2D eigenvalue weighted by molar-refractivity contribution is -0.148. The molecule has 6 nitrogen and oxygen atoms in total. The fourth-order valence-corrected chi connectivity index (χ4v) is 3.31. The lowest BCUT2D eigenvalue weighted by Crippen LogP contribution is -2.41. The molecule has 116 valence electrons. The number of rotatable bonds is 6. The van der Waals surface area contributed by atoms with Gasteiger partial charge >= 0.3 is 5.97 Å². The fourth-order valence-electron chi connectivity index (χ4n) is 2.49. The van der Waals surface area contributed by atoms with Crippen LogP contribution in [-0.2, 0) is 20.7 Å². The number of carbonyl (C=O) groups is 2. The summed E-state index contributed by atoms with van der Waals surface area (Å²) in [5.74, 6) is -1.09. The van der Waals surface area contributed by atoms with Gasteiger partial charge in [-0.1, -0.05) is 0 Å². The van der Waals surface area contributed by atoms with Crippen LogP contribution in [0.15, 0.2) is 5.38 Å². The van der Waals surface area contributed by atoms with Gasteiger partial charge in [-0.05, 0) is 26.7 Å². The minimum Gasteiger partial charge on any atom is -0.480 e. The van der Waals surface area contributed by atoms with Gasteiger partial charge < -0.3 is 14.7 Å². The van der Waals surface area contributed by atoms with E-state index in [4.69, 9.17) is 9.84 Å². The molecule has 1 aliphatic rings. The third kappa shape index (κ3) is 3.79. The van der Waals surface area contributed by atoms with Crippen molar-refractivity contribution in [3.8, 4) is 0 Å². The molecule has 0 aromatic carbocycles. The lowest BCUT2D eigenvalue weighted by atomic mass is 10.2. The molecule has 1 amide bonds. The highest BCUT2D eigenvalue weighted by Crippen LogP contribution is 2.23. The molecule has 2 rings (SSSR count). The zero-order chi connectivity index (χ0) is 15.4. The van der Waals surface area contributed by atoms with Crippen molar-refractivity contribution in [1.82, 2.24) is 9.88 Å². The summed E-state index contributed by atoms with van der Waals surface area (Å²) in [6.45, 7) is 4.98. The first kappa shape index (κ1) is 15.9. The van der Waals surface area contributed by atoms with Gasteiger partial charge in [0.25, 0.3) is 0 Å². The van der Waals surface area contributed by atoms with E-state index < -0.39 is 12.0 Å². The predicted molar refractivity (Wildman–Crippen MR) is 78.2 cm³/mol. The number of hydrogen-bond donors (Lipinski definition) is 1. The summed E-state index contributed by atoms with van der Waals surface area (Å²) in [5, 5.41) is 11.8. The number of hydrogen-bond acceptors (Lipinski definition) is 5. The molecule has 1 aromatic rings. The van der Waals surface area contributed by atoms with Crippen LogP contribution < -0.4 is 0 Å². The van der Waals surface area contributed by atoms with Crippen LogP contribution in [0.4, 0.5) is 0 Å². The van der Waals surface area contributed by atoms with E-state index in [-0.39, 0.29) is 18.4 Å². The Morgan fingerprint density at radius 3 is 3.05 bits per heavy atom. The van der Waals surface area contributed by atoms with E-state index >= 15 is 0 Å². The first-order valence-corrected chi connectivity index (χ1v) is 7.99. The first-order chi connectivity index (χ1) is 10.0. The Bertz CT molecular complexity index is 517. The second-order valence-corrected chi connectivity index (χ2v) is 5.92. The summed E-state index contributed by atoms with van der Waals surface area (Å²) in [5.41, 5.74) is 0.683. The van der Waals surface area contributed by atoms with E-state index in [1.54, 1.807) is 0 Å². The summed E-state index contributed by atoms with van der Waals surface area (Å²) >= 11 is 1.47. The number of thiazole rings is 1. The molecule has 1 N–H and O–H groups in total. The van der Waals surface area contributed by atoms with Crippen LogP contribution in [-0.4, -0.2) is 46.1 Å². The van der Waals surface area contributed by atoms with Crippen LogP contribution >= 0.6 is 11.3 Å². The highest BCUT2D eigenvalue weighted by atomic mass is 32.1. The van der Waals surface area contributed by atoms with Crippen LogP contribution in [0.2, 0.25) is 0 Å². The normalized spacial score (nSPS) is 19.7. The van der Waals surface area contributed by atoms with Gasteiger partial charge in [-0.15, -0.1) is 11.3 Å². The summed E-state index contributed by atoms with van der Waals surface area (Å²) in [7, 11) is 0. The number of carboxylic acid groups (broad SMARTS) is 1. The minimum atomic E-state index is -0.926. The number of nitrogens with zero attached hydrogens (tertiary/aromatic N) is 2. The third-order valence-corrected chi connectivity index (χ3v) is 4.58. The monoisotopic (exact) mass is 312 g/mol. The van der Waals surface area contributed by atoms with Gasteiger partial charge in [-0.2, -0.15) is 0 Å². The number of carbonyl (C=O) groups excluding carboxylic acids is 1. The van der Waals surface area contributed by atoms with Crippen molar-refractivity contribution >= 4 is 23.2 Å². The Hall–Kier alpha value is -1.47. The SMILES string of the molecule is CCOC(C)c1nc(CC(=O)N2CCC[C@@H]2C(=O)O)cs1. The molecule has 1 saturated heterocycles. The molecule has 1 unspecified atom stereocenters. The van der Waals surface area contributed by atoms with E-state index in [2.05, 4.69) is 4.98 Å². The molecule has 2 atom stereocenters. The maximum Gasteiger partial charge on any atom is 0.326 e. The number of amides is 1. The number of carboxylic acids is 1. The van der Waals surface area contributed by atoms with Crippen molar-refractivity contribution in [3.05, 3.63) is 16.1 Å². The standard InChI is InChI=1S/C14H20N2O4S/c1-3-20-9(2)13-15-10(8-21-13)7-12(17)16-6-4-5-11(16)14(18)19/h8-9,11H,3-7H2,1-2H3,(H,18,19)/t9?,11-/m1/s1. The van der Waals surface area contributed by atoms with Gasteiger partial charge in [0.1, 0.15) is 17.2 Å². The molecular weight excluding hydrogens is 292 g/mol. The smallest absolute Gasteiger partial charge is 0.326 e. The van der Waals surface area contributed by atoms with E-state index in [1.807, 2.05) is 19.2 Å². The highest BCUT2D eigenvalue weighted by Gasteiger charge is 2.33. The fraction of sp³-hybridized carbons (Fsp3) is 0.643. The first-order valence-electron chi connectivity index (χ1n) is 7.11. The van der Waals surface area contributed by atoms with Gasteiger partial charge in [-0.3, -0.25) is 4.79 Å². The van der Waals surface area contributed by atoms with E-state index in [9.17, 15) is 9.59 Å². The summed E-state index contributed by atoms with van der Waals surface area (Å²) < 4.78 is 5.47. The molecule has 7 heteroatoms. The summed E-state index contributed by atoms with van der Waals surface area (Å²) in [4.78, 5) is 29.2. The predicted octanol–water partition coefficient (Wildman–Crippen LogP) is 1.86. The molecule has 2 heterocycles. The van der Waals surface area contributed by atoms with Crippen LogP contribution in [0, 0.1) is 0 Å². The highest BCUT2D eigenvalue weighted by molar-refractivity contribution is 7.09. The Labute approximate surface area is 127 Å². The van der Waals surface area contributed by atoms with Crippen LogP contribution in [0.3, 0.4) is 0 Å². The third-order valence-electron chi connectivity index (χ3n) is 3.52. The average Bonchev–Trinajstić information content (AvgIpc) is 3.07. The Morgan fingerprint density at radius 2 is 2.38 bits per heavy atom. The van der Waals surface area contributed by atoms with Gasteiger partial charge in [0, 0.05) is 18.5 Å². The summed E-state index contributed by atoms with van der Waals surface area (Å²) in [6.07, 6.45) is 1.35. The van der Waals surface area contributed by atoms with Crippen molar-refractivity contribution in [2.75, 3.05) is 13.2 Å². The maximum atomic E-state index is 12.2. The Kier molecular flexibility index (Phi) is 5.30. The van der Waals surface area contributed by atoms with Gasteiger partial charge in [0.05, 0.1) is 12.1 Å². The van der Waals surface area contributed by atoms with Gasteiger partial charge in [0.15, 0.2) is 0 Å².